The second-order valence-corrected chi connectivity index (χ2v) is 10.0. The molecule has 3 aromatic rings. The molecule has 35 heavy (non-hydrogen) atoms. The Morgan fingerprint density at radius 1 is 0.857 bits per heavy atom. The van der Waals surface area contributed by atoms with E-state index < -0.39 is 0 Å². The van der Waals surface area contributed by atoms with E-state index in [1.54, 1.807) is 24.3 Å². The highest BCUT2D eigenvalue weighted by molar-refractivity contribution is 6.33. The van der Waals surface area contributed by atoms with Crippen LogP contribution in [0.1, 0.15) is 34.8 Å². The number of nitrogens with zero attached hydrogens (tertiary/aromatic N) is 2. The van der Waals surface area contributed by atoms with Gasteiger partial charge in [0.15, 0.2) is 6.61 Å². The van der Waals surface area contributed by atoms with Gasteiger partial charge < -0.3 is 14.5 Å². The van der Waals surface area contributed by atoms with Gasteiger partial charge in [-0.25, -0.2) is 0 Å². The van der Waals surface area contributed by atoms with Crippen molar-refractivity contribution in [1.82, 2.24) is 9.80 Å². The molecule has 1 atom stereocenters. The van der Waals surface area contributed by atoms with E-state index in [4.69, 9.17) is 27.9 Å². The van der Waals surface area contributed by atoms with Crippen LogP contribution in [0.15, 0.2) is 78.9 Å². The van der Waals surface area contributed by atoms with Crippen LogP contribution >= 0.6 is 23.2 Å². The van der Waals surface area contributed by atoms with Crippen LogP contribution in [0.4, 0.5) is 0 Å². The van der Waals surface area contributed by atoms with Crippen molar-refractivity contribution >= 4 is 35.0 Å². The van der Waals surface area contributed by atoms with Gasteiger partial charge in [0, 0.05) is 25.0 Å². The molecule has 5 nitrogen and oxygen atoms in total. The molecular formula is C28H26Cl2N2O3. The number of carbonyl (C=O) groups excluding carboxylic acids is 2. The van der Waals surface area contributed by atoms with Gasteiger partial charge in [0.2, 0.25) is 0 Å². The zero-order valence-electron chi connectivity index (χ0n) is 19.2. The van der Waals surface area contributed by atoms with Crippen molar-refractivity contribution in [2.24, 2.45) is 5.41 Å². The highest BCUT2D eigenvalue weighted by atomic mass is 35.5. The first-order valence-corrected chi connectivity index (χ1v) is 12.5. The maximum atomic E-state index is 13.4. The third-order valence-electron chi connectivity index (χ3n) is 7.16. The van der Waals surface area contributed by atoms with Crippen LogP contribution in [0, 0.1) is 5.41 Å². The minimum absolute atomic E-state index is 0.0457. The van der Waals surface area contributed by atoms with E-state index in [2.05, 4.69) is 12.1 Å². The van der Waals surface area contributed by atoms with Crippen molar-refractivity contribution in [2.75, 3.05) is 26.2 Å². The minimum Gasteiger partial charge on any atom is -0.482 e. The van der Waals surface area contributed by atoms with Crippen molar-refractivity contribution in [3.8, 4) is 5.75 Å². The number of para-hydroxylation sites is 1. The normalized spacial score (nSPS) is 18.7. The van der Waals surface area contributed by atoms with Crippen molar-refractivity contribution in [1.29, 1.82) is 0 Å². The first-order valence-electron chi connectivity index (χ1n) is 11.7. The predicted octanol–water partition coefficient (Wildman–Crippen LogP) is 5.88. The Labute approximate surface area is 215 Å². The van der Waals surface area contributed by atoms with Gasteiger partial charge in [0.1, 0.15) is 5.75 Å². The molecule has 2 aliphatic rings. The molecule has 1 unspecified atom stereocenters. The minimum atomic E-state index is -0.0708. The van der Waals surface area contributed by atoms with Crippen molar-refractivity contribution in [3.63, 3.8) is 0 Å². The molecule has 2 amide bonds. The van der Waals surface area contributed by atoms with E-state index in [0.717, 1.165) is 18.4 Å². The molecule has 3 aromatic carbocycles. The lowest BCUT2D eigenvalue weighted by Gasteiger charge is -2.60. The molecule has 2 fully saturated rings. The Morgan fingerprint density at radius 3 is 2.17 bits per heavy atom. The van der Waals surface area contributed by atoms with Gasteiger partial charge in [-0.1, -0.05) is 77.8 Å². The molecule has 0 aliphatic carbocycles. The number of hydrogen-bond acceptors (Lipinski definition) is 3. The van der Waals surface area contributed by atoms with Crippen LogP contribution in [-0.4, -0.2) is 47.9 Å². The summed E-state index contributed by atoms with van der Waals surface area (Å²) in [7, 11) is 0. The number of amides is 2. The Hall–Kier alpha value is -3.02. The first-order chi connectivity index (χ1) is 17.0. The van der Waals surface area contributed by atoms with E-state index in [9.17, 15) is 9.59 Å². The molecule has 0 N–H and O–H groups in total. The summed E-state index contributed by atoms with van der Waals surface area (Å²) in [6.07, 6.45) is 1.63. The number of rotatable bonds is 5. The third-order valence-corrected chi connectivity index (χ3v) is 7.80. The second kappa shape index (κ2) is 9.92. The third kappa shape index (κ3) is 4.63. The van der Waals surface area contributed by atoms with Crippen LogP contribution in [-0.2, 0) is 4.79 Å². The molecule has 7 heteroatoms. The fourth-order valence-electron chi connectivity index (χ4n) is 5.31. The molecule has 5 rings (SSSR count). The number of carbonyl (C=O) groups is 2. The number of benzene rings is 3. The Kier molecular flexibility index (Phi) is 6.72. The largest absolute Gasteiger partial charge is 0.482 e. The van der Waals surface area contributed by atoms with Crippen molar-refractivity contribution in [2.45, 2.75) is 18.9 Å². The Morgan fingerprint density at radius 2 is 1.49 bits per heavy atom. The molecule has 2 heterocycles. The molecular weight excluding hydrogens is 483 g/mol. The number of likely N-dealkylation sites (tertiary alicyclic amines) is 2. The number of halogens is 2. The molecule has 1 spiro atoms. The molecule has 0 saturated carbocycles. The average Bonchev–Trinajstić information content (AvgIpc) is 2.87. The van der Waals surface area contributed by atoms with Gasteiger partial charge >= 0.3 is 0 Å². The smallest absolute Gasteiger partial charge is 0.260 e. The zero-order chi connectivity index (χ0) is 24.4. The fraction of sp³-hybridized carbons (Fsp3) is 0.286. The van der Waals surface area contributed by atoms with Crippen LogP contribution in [0.2, 0.25) is 10.0 Å². The molecule has 0 radical (unpaired) electrons. The quantitative estimate of drug-likeness (QED) is 0.432. The van der Waals surface area contributed by atoms with Gasteiger partial charge in [-0.15, -0.1) is 0 Å². The lowest BCUT2D eigenvalue weighted by Crippen LogP contribution is -2.64. The van der Waals surface area contributed by atoms with E-state index in [0.29, 0.717) is 41.0 Å². The summed E-state index contributed by atoms with van der Waals surface area (Å²) >= 11 is 12.5. The molecule has 2 aliphatic heterocycles. The topological polar surface area (TPSA) is 49.9 Å². The first kappa shape index (κ1) is 23.7. The summed E-state index contributed by atoms with van der Waals surface area (Å²) in [6, 6.07) is 24.4. The standard InChI is InChI=1S/C28H26Cl2N2O3/c29-22-11-5-4-10-21(22)27(34)32-19-28(26(32)20-8-2-1-3-9-20)14-16-31(17-15-28)25(33)18-35-24-13-7-6-12-23(24)30/h1-13,26H,14-19H2. The summed E-state index contributed by atoms with van der Waals surface area (Å²) in [5.74, 6) is 0.397. The predicted molar refractivity (Wildman–Crippen MR) is 137 cm³/mol. The lowest BCUT2D eigenvalue weighted by molar-refractivity contribution is -0.141. The summed E-state index contributed by atoms with van der Waals surface area (Å²) in [4.78, 5) is 30.0. The summed E-state index contributed by atoms with van der Waals surface area (Å²) in [6.45, 7) is 1.86. The summed E-state index contributed by atoms with van der Waals surface area (Å²) < 4.78 is 5.65. The van der Waals surface area contributed by atoms with Gasteiger partial charge in [-0.2, -0.15) is 0 Å². The average molecular weight is 509 g/mol. The highest BCUT2D eigenvalue weighted by Crippen LogP contribution is 2.55. The van der Waals surface area contributed by atoms with Crippen LogP contribution in [0.25, 0.3) is 0 Å². The van der Waals surface area contributed by atoms with Gasteiger partial charge in [-0.05, 0) is 42.7 Å². The SMILES string of the molecule is O=C(COc1ccccc1Cl)N1CCC2(CC1)CN(C(=O)c1ccccc1Cl)C2c1ccccc1. The van der Waals surface area contributed by atoms with Crippen LogP contribution in [0.3, 0.4) is 0 Å². The van der Waals surface area contributed by atoms with E-state index >= 15 is 0 Å². The molecule has 2 saturated heterocycles. The van der Waals surface area contributed by atoms with Gasteiger partial charge in [-0.3, -0.25) is 9.59 Å². The lowest BCUT2D eigenvalue weighted by atomic mass is 9.63. The Bertz CT molecular complexity index is 1230. The number of hydrogen-bond donors (Lipinski definition) is 0. The highest BCUT2D eigenvalue weighted by Gasteiger charge is 2.56. The monoisotopic (exact) mass is 508 g/mol. The fourth-order valence-corrected chi connectivity index (χ4v) is 5.71. The van der Waals surface area contributed by atoms with E-state index in [1.165, 1.54) is 0 Å². The molecule has 180 valence electrons. The second-order valence-electron chi connectivity index (χ2n) is 9.19. The van der Waals surface area contributed by atoms with E-state index in [1.807, 2.05) is 52.3 Å². The van der Waals surface area contributed by atoms with Gasteiger partial charge in [0.25, 0.3) is 11.8 Å². The summed E-state index contributed by atoms with van der Waals surface area (Å²) in [5.41, 5.74) is 1.56. The van der Waals surface area contributed by atoms with Crippen molar-refractivity contribution < 1.29 is 14.3 Å². The number of ether oxygens (including phenoxy) is 1. The maximum absolute atomic E-state index is 13.4. The van der Waals surface area contributed by atoms with Gasteiger partial charge in [0.05, 0.1) is 21.7 Å². The zero-order valence-corrected chi connectivity index (χ0v) is 20.7. The Balaban J connectivity index is 1.28. The molecule has 0 bridgehead atoms. The molecule has 0 aromatic heterocycles. The van der Waals surface area contributed by atoms with Crippen molar-refractivity contribution in [3.05, 3.63) is 100 Å². The van der Waals surface area contributed by atoms with Crippen LogP contribution < -0.4 is 4.74 Å². The maximum Gasteiger partial charge on any atom is 0.260 e. The van der Waals surface area contributed by atoms with E-state index in [-0.39, 0.29) is 29.9 Å². The number of piperidine rings is 1. The summed E-state index contributed by atoms with van der Waals surface area (Å²) in [5, 5.41) is 0.950. The van der Waals surface area contributed by atoms with Crippen LogP contribution in [0.5, 0.6) is 5.75 Å².